The molecule has 2 saturated heterocycles. The lowest BCUT2D eigenvalue weighted by Gasteiger charge is -2.37. The lowest BCUT2D eigenvalue weighted by atomic mass is 9.81. The third kappa shape index (κ3) is 4.61. The van der Waals surface area contributed by atoms with Crippen molar-refractivity contribution < 1.29 is 24.0 Å². The van der Waals surface area contributed by atoms with E-state index in [1.807, 2.05) is 20.8 Å². The van der Waals surface area contributed by atoms with Gasteiger partial charge in [0.25, 0.3) is 0 Å². The molecule has 0 aromatic heterocycles. The van der Waals surface area contributed by atoms with Crippen LogP contribution in [-0.2, 0) is 24.0 Å². The standard InChI is InChI=1S/C30H43N5O5/c1-29(2,3)23(34-28(40)30(9-10-30)18-6-7-18)27(39)35-14-19-15-4-5-16(12-15)21(19)22(35)26(38)33-20(24(31)36)13-17-8-11-32-25(17)37/h4-5,15-23H,6-14H2,1-3H3,(H2,31,36)(H,32,37)(H,33,38)(H,34,40)/t15-,16+,17+,19-,20+,21+,22+,23-/m1/s1. The van der Waals surface area contributed by atoms with Crippen molar-refractivity contribution in [3.05, 3.63) is 12.2 Å². The summed E-state index contributed by atoms with van der Waals surface area (Å²) in [5, 5.41) is 8.74. The normalized spacial score (nSPS) is 34.7. The van der Waals surface area contributed by atoms with Gasteiger partial charge in [0.1, 0.15) is 18.1 Å². The number of carbonyl (C=O) groups excluding carboxylic acids is 5. The number of nitrogens with one attached hydrogen (secondary N) is 3. The molecule has 8 atom stereocenters. The van der Waals surface area contributed by atoms with E-state index in [-0.39, 0.29) is 53.2 Å². The minimum Gasteiger partial charge on any atom is -0.368 e. The zero-order valence-corrected chi connectivity index (χ0v) is 23.8. The average Bonchev–Trinajstić information content (AvgIpc) is 3.72. The van der Waals surface area contributed by atoms with Crippen LogP contribution in [0.4, 0.5) is 0 Å². The number of rotatable bonds is 9. The number of allylic oxidation sites excluding steroid dienone is 2. The van der Waals surface area contributed by atoms with Crippen molar-refractivity contribution in [3.8, 4) is 0 Å². The molecule has 10 heteroatoms. The molecule has 3 saturated carbocycles. The van der Waals surface area contributed by atoms with Crippen LogP contribution >= 0.6 is 0 Å². The van der Waals surface area contributed by atoms with Gasteiger partial charge in [0, 0.05) is 19.0 Å². The Morgan fingerprint density at radius 2 is 1.80 bits per heavy atom. The molecule has 10 nitrogen and oxygen atoms in total. The summed E-state index contributed by atoms with van der Waals surface area (Å²) in [6.45, 7) is 6.81. The molecule has 0 spiro atoms. The first-order valence-corrected chi connectivity index (χ1v) is 15.1. The molecular weight excluding hydrogens is 510 g/mol. The summed E-state index contributed by atoms with van der Waals surface area (Å²) in [6, 6.07) is -2.54. The van der Waals surface area contributed by atoms with Crippen molar-refractivity contribution in [2.24, 2.45) is 52.1 Å². The minimum absolute atomic E-state index is 0.0333. The maximum atomic E-state index is 14.3. The maximum absolute atomic E-state index is 14.3. The molecule has 218 valence electrons. The predicted octanol–water partition coefficient (Wildman–Crippen LogP) is 0.853. The fraction of sp³-hybridized carbons (Fsp3) is 0.767. The summed E-state index contributed by atoms with van der Waals surface area (Å²) >= 11 is 0. The Bertz CT molecular complexity index is 1150. The van der Waals surface area contributed by atoms with E-state index in [2.05, 4.69) is 28.1 Å². The van der Waals surface area contributed by atoms with E-state index < -0.39 is 35.4 Å². The minimum atomic E-state index is -1.00. The molecule has 0 aromatic rings. The Labute approximate surface area is 235 Å². The molecule has 5 fully saturated rings. The van der Waals surface area contributed by atoms with Crippen LogP contribution in [0.25, 0.3) is 0 Å². The van der Waals surface area contributed by atoms with Gasteiger partial charge in [0.15, 0.2) is 0 Å². The van der Waals surface area contributed by atoms with Gasteiger partial charge in [-0.2, -0.15) is 0 Å². The molecule has 5 amide bonds. The van der Waals surface area contributed by atoms with Crippen LogP contribution in [0.3, 0.4) is 0 Å². The summed E-state index contributed by atoms with van der Waals surface area (Å²) < 4.78 is 0. The number of likely N-dealkylation sites (tertiary alicyclic amines) is 1. The Balaban J connectivity index is 1.24. The third-order valence-corrected chi connectivity index (χ3v) is 10.7. The zero-order valence-electron chi connectivity index (χ0n) is 23.8. The highest BCUT2D eigenvalue weighted by Gasteiger charge is 2.61. The molecule has 4 aliphatic carbocycles. The zero-order chi connectivity index (χ0) is 28.6. The molecule has 6 rings (SSSR count). The second kappa shape index (κ2) is 9.58. The molecule has 0 unspecified atom stereocenters. The van der Waals surface area contributed by atoms with Gasteiger partial charge in [-0.3, -0.25) is 24.0 Å². The predicted molar refractivity (Wildman–Crippen MR) is 146 cm³/mol. The van der Waals surface area contributed by atoms with Gasteiger partial charge in [-0.25, -0.2) is 0 Å². The van der Waals surface area contributed by atoms with Crippen molar-refractivity contribution in [1.29, 1.82) is 0 Å². The lowest BCUT2D eigenvalue weighted by Crippen LogP contribution is -2.60. The second-order valence-corrected chi connectivity index (χ2v) is 14.3. The van der Waals surface area contributed by atoms with Gasteiger partial charge in [-0.05, 0) is 80.0 Å². The van der Waals surface area contributed by atoms with Crippen LogP contribution in [0, 0.1) is 46.3 Å². The number of carbonyl (C=O) groups is 5. The molecule has 2 bridgehead atoms. The number of amides is 5. The summed E-state index contributed by atoms with van der Waals surface area (Å²) in [5.41, 5.74) is 4.79. The van der Waals surface area contributed by atoms with E-state index in [0.717, 1.165) is 32.1 Å². The Morgan fingerprint density at radius 3 is 2.38 bits per heavy atom. The van der Waals surface area contributed by atoms with Crippen LogP contribution in [0.1, 0.15) is 65.7 Å². The molecule has 5 N–H and O–H groups in total. The molecule has 0 aromatic carbocycles. The number of hydrogen-bond donors (Lipinski definition) is 4. The monoisotopic (exact) mass is 553 g/mol. The fourth-order valence-electron chi connectivity index (χ4n) is 8.12. The number of hydrogen-bond acceptors (Lipinski definition) is 5. The molecule has 2 heterocycles. The Morgan fingerprint density at radius 1 is 1.10 bits per heavy atom. The molecule has 6 aliphatic rings. The first kappa shape index (κ1) is 27.3. The third-order valence-electron chi connectivity index (χ3n) is 10.7. The maximum Gasteiger partial charge on any atom is 0.246 e. The highest BCUT2D eigenvalue weighted by Crippen LogP contribution is 2.61. The van der Waals surface area contributed by atoms with Crippen LogP contribution in [0.2, 0.25) is 0 Å². The largest absolute Gasteiger partial charge is 0.368 e. The number of nitrogens with two attached hydrogens (primary N) is 1. The molecular formula is C30H43N5O5. The van der Waals surface area contributed by atoms with E-state index in [0.29, 0.717) is 31.3 Å². The van der Waals surface area contributed by atoms with Crippen LogP contribution in [-0.4, -0.2) is 65.7 Å². The van der Waals surface area contributed by atoms with Gasteiger partial charge in [0.05, 0.1) is 5.41 Å². The van der Waals surface area contributed by atoms with Crippen molar-refractivity contribution in [2.75, 3.05) is 13.1 Å². The van der Waals surface area contributed by atoms with Gasteiger partial charge < -0.3 is 26.6 Å². The van der Waals surface area contributed by atoms with E-state index in [9.17, 15) is 24.0 Å². The summed E-state index contributed by atoms with van der Waals surface area (Å²) in [6.07, 6.45) is 9.92. The summed E-state index contributed by atoms with van der Waals surface area (Å²) in [5.74, 6) is -0.891. The van der Waals surface area contributed by atoms with Crippen LogP contribution < -0.4 is 21.7 Å². The Kier molecular flexibility index (Phi) is 6.53. The van der Waals surface area contributed by atoms with Crippen molar-refractivity contribution in [3.63, 3.8) is 0 Å². The van der Waals surface area contributed by atoms with Crippen molar-refractivity contribution in [2.45, 2.75) is 83.8 Å². The van der Waals surface area contributed by atoms with Crippen LogP contribution in [0.5, 0.6) is 0 Å². The van der Waals surface area contributed by atoms with E-state index in [1.165, 1.54) is 0 Å². The van der Waals surface area contributed by atoms with Crippen LogP contribution in [0.15, 0.2) is 12.2 Å². The first-order valence-electron chi connectivity index (χ1n) is 15.1. The van der Waals surface area contributed by atoms with Gasteiger partial charge in [-0.15, -0.1) is 0 Å². The quantitative estimate of drug-likeness (QED) is 0.312. The molecule has 40 heavy (non-hydrogen) atoms. The van der Waals surface area contributed by atoms with Gasteiger partial charge >= 0.3 is 0 Å². The van der Waals surface area contributed by atoms with Crippen molar-refractivity contribution >= 4 is 29.5 Å². The highest BCUT2D eigenvalue weighted by atomic mass is 16.2. The molecule has 0 radical (unpaired) electrons. The number of primary amides is 1. The highest BCUT2D eigenvalue weighted by molar-refractivity contribution is 5.96. The van der Waals surface area contributed by atoms with E-state index >= 15 is 0 Å². The summed E-state index contributed by atoms with van der Waals surface area (Å²) in [4.78, 5) is 68.0. The number of fused-ring (bicyclic) bond motifs is 5. The summed E-state index contributed by atoms with van der Waals surface area (Å²) in [7, 11) is 0. The molecule has 2 aliphatic heterocycles. The SMILES string of the molecule is CC(C)(C)[C@H](NC(=O)C1(C2CC2)CC1)C(=O)N1C[C@H]2[C@@H]([C@H]1C(=O)N[C@@H](C[C@@H]1CCNC1=O)C(N)=O)[C@H]1C=C[C@@H]2C1. The van der Waals surface area contributed by atoms with E-state index in [1.54, 1.807) is 4.90 Å². The fourth-order valence-corrected chi connectivity index (χ4v) is 8.12. The second-order valence-electron chi connectivity index (χ2n) is 14.3. The topological polar surface area (TPSA) is 151 Å². The lowest BCUT2D eigenvalue weighted by molar-refractivity contribution is -0.146. The number of nitrogens with zero attached hydrogens (tertiary/aromatic N) is 1. The van der Waals surface area contributed by atoms with Crippen molar-refractivity contribution in [1.82, 2.24) is 20.9 Å². The van der Waals surface area contributed by atoms with Gasteiger partial charge in [-0.1, -0.05) is 32.9 Å². The first-order chi connectivity index (χ1) is 18.9. The Hall–Kier alpha value is -2.91. The van der Waals surface area contributed by atoms with E-state index in [4.69, 9.17) is 5.73 Å². The average molecular weight is 554 g/mol. The smallest absolute Gasteiger partial charge is 0.246 e. The van der Waals surface area contributed by atoms with Gasteiger partial charge in [0.2, 0.25) is 29.5 Å².